The second-order valence-electron chi connectivity index (χ2n) is 8.99. The Balaban J connectivity index is 1.69. The molecule has 0 saturated carbocycles. The fraction of sp³-hybridized carbons (Fsp3) is 0.440. The maximum absolute atomic E-state index is 13.3. The van der Waals surface area contributed by atoms with Crippen molar-refractivity contribution < 1.29 is 27.8 Å². The molecule has 0 amide bonds. The minimum absolute atomic E-state index is 0.0297. The molecule has 36 heavy (non-hydrogen) atoms. The second kappa shape index (κ2) is 10.4. The van der Waals surface area contributed by atoms with Crippen LogP contribution in [0, 0.1) is 6.92 Å². The van der Waals surface area contributed by atoms with Gasteiger partial charge in [0, 0.05) is 23.7 Å². The molecular weight excluding hydrogens is 475 g/mol. The summed E-state index contributed by atoms with van der Waals surface area (Å²) in [5, 5.41) is 14.1. The van der Waals surface area contributed by atoms with Crippen molar-refractivity contribution in [3.05, 3.63) is 47.3 Å². The van der Waals surface area contributed by atoms with Crippen LogP contribution in [-0.2, 0) is 6.18 Å². The SMILES string of the molecule is Cc1nc(N[C@H](C)c2cc(N)cc(C(F)(F)F)c2)c2cc3c(cc2n1)OCCCC(O)N(C)CCO3. The summed E-state index contributed by atoms with van der Waals surface area (Å²) in [7, 11) is 1.83. The van der Waals surface area contributed by atoms with Gasteiger partial charge in [0.1, 0.15) is 24.5 Å². The lowest BCUT2D eigenvalue weighted by molar-refractivity contribution is -0.137. The van der Waals surface area contributed by atoms with Crippen LogP contribution in [0.5, 0.6) is 11.5 Å². The number of alkyl halides is 3. The molecule has 4 N–H and O–H groups in total. The molecule has 2 heterocycles. The Morgan fingerprint density at radius 3 is 2.58 bits per heavy atom. The number of aliphatic hydroxyl groups excluding tert-OH is 1. The normalized spacial score (nSPS) is 18.5. The third kappa shape index (κ3) is 5.90. The number of ether oxygens (including phenoxy) is 2. The number of nitrogens with zero attached hydrogens (tertiary/aromatic N) is 3. The molecule has 1 unspecified atom stereocenters. The first-order valence-corrected chi connectivity index (χ1v) is 11.7. The van der Waals surface area contributed by atoms with Gasteiger partial charge in [-0.15, -0.1) is 0 Å². The maximum Gasteiger partial charge on any atom is 0.416 e. The first kappa shape index (κ1) is 25.8. The first-order valence-electron chi connectivity index (χ1n) is 11.7. The van der Waals surface area contributed by atoms with Gasteiger partial charge in [0.2, 0.25) is 0 Å². The Hall–Kier alpha value is -3.31. The summed E-state index contributed by atoms with van der Waals surface area (Å²) < 4.78 is 51.9. The van der Waals surface area contributed by atoms with Crippen LogP contribution >= 0.6 is 0 Å². The number of nitrogens with one attached hydrogen (secondary N) is 1. The van der Waals surface area contributed by atoms with Crippen LogP contribution in [0.4, 0.5) is 24.7 Å². The number of hydrogen-bond acceptors (Lipinski definition) is 8. The van der Waals surface area contributed by atoms with Crippen molar-refractivity contribution in [2.24, 2.45) is 0 Å². The van der Waals surface area contributed by atoms with Crippen LogP contribution in [0.15, 0.2) is 30.3 Å². The molecule has 0 bridgehead atoms. The summed E-state index contributed by atoms with van der Waals surface area (Å²) in [6.45, 7) is 4.72. The van der Waals surface area contributed by atoms with Crippen molar-refractivity contribution in [1.29, 1.82) is 0 Å². The van der Waals surface area contributed by atoms with E-state index in [9.17, 15) is 18.3 Å². The first-order chi connectivity index (χ1) is 17.0. The van der Waals surface area contributed by atoms with E-state index in [1.165, 1.54) is 6.07 Å². The summed E-state index contributed by atoms with van der Waals surface area (Å²) >= 11 is 0. The Morgan fingerprint density at radius 1 is 1.11 bits per heavy atom. The highest BCUT2D eigenvalue weighted by Crippen LogP contribution is 2.37. The highest BCUT2D eigenvalue weighted by Gasteiger charge is 2.31. The van der Waals surface area contributed by atoms with E-state index in [2.05, 4.69) is 15.3 Å². The monoisotopic (exact) mass is 505 g/mol. The molecule has 0 spiro atoms. The summed E-state index contributed by atoms with van der Waals surface area (Å²) in [5.41, 5.74) is 5.96. The third-order valence-corrected chi connectivity index (χ3v) is 6.11. The summed E-state index contributed by atoms with van der Waals surface area (Å²) in [4.78, 5) is 10.8. The molecule has 0 radical (unpaired) electrons. The van der Waals surface area contributed by atoms with Crippen molar-refractivity contribution in [2.45, 2.75) is 45.1 Å². The zero-order valence-electron chi connectivity index (χ0n) is 20.4. The number of halogens is 3. The Labute approximate surface area is 207 Å². The predicted molar refractivity (Wildman–Crippen MR) is 131 cm³/mol. The van der Waals surface area contributed by atoms with Crippen LogP contribution in [-0.4, -0.2) is 53.0 Å². The third-order valence-electron chi connectivity index (χ3n) is 6.11. The number of hydrogen-bond donors (Lipinski definition) is 3. The fourth-order valence-electron chi connectivity index (χ4n) is 4.08. The molecule has 8 nitrogen and oxygen atoms in total. The topological polar surface area (TPSA) is 106 Å². The lowest BCUT2D eigenvalue weighted by Crippen LogP contribution is -2.34. The van der Waals surface area contributed by atoms with Crippen molar-refractivity contribution in [3.8, 4) is 11.5 Å². The maximum atomic E-state index is 13.3. The van der Waals surface area contributed by atoms with E-state index in [1.54, 1.807) is 26.0 Å². The Morgan fingerprint density at radius 2 is 1.83 bits per heavy atom. The van der Waals surface area contributed by atoms with E-state index in [1.807, 2.05) is 11.9 Å². The number of nitrogens with two attached hydrogens (primary N) is 1. The zero-order valence-corrected chi connectivity index (χ0v) is 20.4. The average Bonchev–Trinajstić information content (AvgIpc) is 2.83. The van der Waals surface area contributed by atoms with Gasteiger partial charge in [0.15, 0.2) is 11.5 Å². The molecule has 0 aliphatic carbocycles. The van der Waals surface area contributed by atoms with Gasteiger partial charge >= 0.3 is 6.18 Å². The van der Waals surface area contributed by atoms with Gasteiger partial charge in [-0.2, -0.15) is 13.2 Å². The zero-order chi connectivity index (χ0) is 26.0. The minimum Gasteiger partial charge on any atom is -0.490 e. The molecule has 11 heteroatoms. The molecule has 3 aromatic rings. The number of aromatic nitrogens is 2. The van der Waals surface area contributed by atoms with Crippen molar-refractivity contribution in [1.82, 2.24) is 14.9 Å². The molecule has 0 saturated heterocycles. The number of fused-ring (bicyclic) bond motifs is 2. The standard InChI is InChI=1S/C25H30F3N5O3/c1-14(16-9-17(25(26,27)28)11-18(29)10-16)30-24-19-12-21-22(13-20(19)31-15(2)32-24)35-7-4-5-23(34)33(3)6-8-36-21/h9-14,23,34H,4-8,29H2,1-3H3,(H,30,31,32)/t14-,23?/m1/s1. The van der Waals surface area contributed by atoms with Crippen LogP contribution < -0.4 is 20.5 Å². The van der Waals surface area contributed by atoms with E-state index in [-0.39, 0.29) is 5.69 Å². The molecule has 2 atom stereocenters. The molecule has 0 fully saturated rings. The molecule has 4 rings (SSSR count). The van der Waals surface area contributed by atoms with E-state index in [4.69, 9.17) is 15.2 Å². The van der Waals surface area contributed by atoms with E-state index in [0.717, 1.165) is 12.1 Å². The molecular formula is C25H30F3N5O3. The van der Waals surface area contributed by atoms with Gasteiger partial charge in [-0.3, -0.25) is 4.90 Å². The molecule has 1 aromatic heterocycles. The van der Waals surface area contributed by atoms with Gasteiger partial charge < -0.3 is 25.6 Å². The summed E-state index contributed by atoms with van der Waals surface area (Å²) in [6, 6.07) is 6.52. The van der Waals surface area contributed by atoms with Gasteiger partial charge in [-0.1, -0.05) is 0 Å². The predicted octanol–water partition coefficient (Wildman–Crippen LogP) is 4.51. The van der Waals surface area contributed by atoms with Crippen molar-refractivity contribution in [3.63, 3.8) is 0 Å². The molecule has 1 aliphatic heterocycles. The second-order valence-corrected chi connectivity index (χ2v) is 8.99. The largest absolute Gasteiger partial charge is 0.490 e. The van der Waals surface area contributed by atoms with Gasteiger partial charge in [0.05, 0.1) is 23.7 Å². The van der Waals surface area contributed by atoms with E-state index < -0.39 is 24.0 Å². The summed E-state index contributed by atoms with van der Waals surface area (Å²) in [6.07, 6.45) is -3.84. The van der Waals surface area contributed by atoms with Gasteiger partial charge in [-0.05, 0) is 63.6 Å². The smallest absolute Gasteiger partial charge is 0.416 e. The van der Waals surface area contributed by atoms with E-state index >= 15 is 0 Å². The van der Waals surface area contributed by atoms with E-state index in [0.29, 0.717) is 72.2 Å². The van der Waals surface area contributed by atoms with Crippen LogP contribution in [0.25, 0.3) is 10.9 Å². The lowest BCUT2D eigenvalue weighted by atomic mass is 10.0. The lowest BCUT2D eigenvalue weighted by Gasteiger charge is -2.22. The van der Waals surface area contributed by atoms with Crippen LogP contribution in [0.1, 0.15) is 42.8 Å². The van der Waals surface area contributed by atoms with Gasteiger partial charge in [-0.25, -0.2) is 9.97 Å². The fourth-order valence-corrected chi connectivity index (χ4v) is 4.08. The highest BCUT2D eigenvalue weighted by molar-refractivity contribution is 5.92. The van der Waals surface area contributed by atoms with Crippen molar-refractivity contribution in [2.75, 3.05) is 37.9 Å². The van der Waals surface area contributed by atoms with Crippen LogP contribution in [0.3, 0.4) is 0 Å². The number of anilines is 2. The number of rotatable bonds is 3. The molecule has 1 aliphatic rings. The Kier molecular flexibility index (Phi) is 7.41. The summed E-state index contributed by atoms with van der Waals surface area (Å²) in [5.74, 6) is 1.97. The Bertz CT molecular complexity index is 1240. The quantitative estimate of drug-likeness (QED) is 0.447. The van der Waals surface area contributed by atoms with Crippen molar-refractivity contribution >= 4 is 22.4 Å². The molecule has 194 valence electrons. The number of benzene rings is 2. The number of likely N-dealkylation sites (N-methyl/N-ethyl adjacent to an activating group) is 1. The highest BCUT2D eigenvalue weighted by atomic mass is 19.4. The van der Waals surface area contributed by atoms with Gasteiger partial charge in [0.25, 0.3) is 0 Å². The molecule has 2 aromatic carbocycles. The minimum atomic E-state index is -4.50. The van der Waals surface area contributed by atoms with Crippen LogP contribution in [0.2, 0.25) is 0 Å². The average molecular weight is 506 g/mol. The number of aliphatic hydroxyl groups is 1. The number of aryl methyl sites for hydroxylation is 1. The number of nitrogen functional groups attached to an aromatic ring is 1.